The first kappa shape index (κ1) is 16.0. The zero-order valence-electron chi connectivity index (χ0n) is 11.9. The Labute approximate surface area is 118 Å². The number of nitrogens with zero attached hydrogens (tertiary/aromatic N) is 1. The van der Waals surface area contributed by atoms with Crippen LogP contribution in [-0.4, -0.2) is 43.2 Å². The van der Waals surface area contributed by atoms with Crippen LogP contribution in [0.25, 0.3) is 0 Å². The number of carbonyl (C=O) groups is 1. The number of carbonyl (C=O) groups excluding carboxylic acids is 1. The SMILES string of the molecule is COCC(C)NC(=O)COc1ccccc1C(C)=NO. The average Bonchev–Trinajstić information content (AvgIpc) is 2.44. The fourth-order valence-electron chi connectivity index (χ4n) is 1.70. The lowest BCUT2D eigenvalue weighted by Crippen LogP contribution is -2.38. The lowest BCUT2D eigenvalue weighted by molar-refractivity contribution is -0.124. The van der Waals surface area contributed by atoms with Crippen LogP contribution in [0.1, 0.15) is 19.4 Å². The van der Waals surface area contributed by atoms with Crippen LogP contribution in [0, 0.1) is 0 Å². The van der Waals surface area contributed by atoms with Gasteiger partial charge >= 0.3 is 0 Å². The molecule has 0 spiro atoms. The Kier molecular flexibility index (Phi) is 6.52. The second-order valence-corrected chi connectivity index (χ2v) is 4.39. The molecule has 1 unspecified atom stereocenters. The quantitative estimate of drug-likeness (QED) is 0.449. The van der Waals surface area contributed by atoms with Crippen molar-refractivity contribution in [3.05, 3.63) is 29.8 Å². The van der Waals surface area contributed by atoms with Crippen LogP contribution < -0.4 is 10.1 Å². The highest BCUT2D eigenvalue weighted by atomic mass is 16.5. The van der Waals surface area contributed by atoms with E-state index >= 15 is 0 Å². The van der Waals surface area contributed by atoms with Crippen LogP contribution >= 0.6 is 0 Å². The molecule has 1 aromatic rings. The zero-order chi connectivity index (χ0) is 15.0. The Balaban J connectivity index is 2.60. The number of oxime groups is 1. The van der Waals surface area contributed by atoms with E-state index in [0.717, 1.165) is 0 Å². The van der Waals surface area contributed by atoms with Crippen LogP contribution in [0.5, 0.6) is 5.75 Å². The molecule has 0 saturated heterocycles. The van der Waals surface area contributed by atoms with Crippen molar-refractivity contribution < 1.29 is 19.5 Å². The fraction of sp³-hybridized carbons (Fsp3) is 0.429. The maximum atomic E-state index is 11.7. The molecule has 1 aromatic carbocycles. The van der Waals surface area contributed by atoms with Gasteiger partial charge in [-0.25, -0.2) is 0 Å². The molecule has 110 valence electrons. The molecule has 0 saturated carbocycles. The Morgan fingerprint density at radius 1 is 1.45 bits per heavy atom. The van der Waals surface area contributed by atoms with E-state index in [2.05, 4.69) is 10.5 Å². The smallest absolute Gasteiger partial charge is 0.258 e. The van der Waals surface area contributed by atoms with Gasteiger partial charge in [-0.05, 0) is 26.0 Å². The van der Waals surface area contributed by atoms with Crippen LogP contribution in [0.3, 0.4) is 0 Å². The summed E-state index contributed by atoms with van der Waals surface area (Å²) in [5.74, 6) is 0.264. The Morgan fingerprint density at radius 2 is 2.15 bits per heavy atom. The molecule has 0 aliphatic carbocycles. The Morgan fingerprint density at radius 3 is 2.80 bits per heavy atom. The van der Waals surface area contributed by atoms with Crippen molar-refractivity contribution in [2.24, 2.45) is 5.16 Å². The van der Waals surface area contributed by atoms with Gasteiger partial charge in [0.25, 0.3) is 5.91 Å². The number of hydrogen-bond acceptors (Lipinski definition) is 5. The van der Waals surface area contributed by atoms with Gasteiger partial charge in [-0.15, -0.1) is 0 Å². The van der Waals surface area contributed by atoms with Crippen LogP contribution in [-0.2, 0) is 9.53 Å². The minimum atomic E-state index is -0.233. The van der Waals surface area contributed by atoms with E-state index in [1.807, 2.05) is 6.92 Å². The first-order valence-electron chi connectivity index (χ1n) is 6.27. The molecule has 6 nitrogen and oxygen atoms in total. The second kappa shape index (κ2) is 8.16. The third-order valence-electron chi connectivity index (χ3n) is 2.61. The van der Waals surface area contributed by atoms with Gasteiger partial charge in [-0.2, -0.15) is 0 Å². The van der Waals surface area contributed by atoms with E-state index < -0.39 is 0 Å². The largest absolute Gasteiger partial charge is 0.483 e. The molecular weight excluding hydrogens is 260 g/mol. The molecule has 20 heavy (non-hydrogen) atoms. The summed E-state index contributed by atoms with van der Waals surface area (Å²) >= 11 is 0. The van der Waals surface area contributed by atoms with Gasteiger partial charge in [0.2, 0.25) is 0 Å². The van der Waals surface area contributed by atoms with Gasteiger partial charge in [-0.1, -0.05) is 17.3 Å². The predicted octanol–water partition coefficient (Wildman–Crippen LogP) is 1.41. The maximum Gasteiger partial charge on any atom is 0.258 e. The number of ether oxygens (including phenoxy) is 2. The normalized spacial score (nSPS) is 12.8. The average molecular weight is 280 g/mol. The van der Waals surface area contributed by atoms with Crippen molar-refractivity contribution in [2.75, 3.05) is 20.3 Å². The highest BCUT2D eigenvalue weighted by molar-refractivity contribution is 6.00. The molecule has 6 heteroatoms. The van der Waals surface area contributed by atoms with Gasteiger partial charge < -0.3 is 20.0 Å². The maximum absolute atomic E-state index is 11.7. The third-order valence-corrected chi connectivity index (χ3v) is 2.61. The number of nitrogens with one attached hydrogen (secondary N) is 1. The van der Waals surface area contributed by atoms with Gasteiger partial charge in [0.05, 0.1) is 12.3 Å². The topological polar surface area (TPSA) is 80.2 Å². The molecule has 0 bridgehead atoms. The van der Waals surface area contributed by atoms with Gasteiger partial charge in [0.15, 0.2) is 6.61 Å². The molecule has 0 aliphatic rings. The van der Waals surface area contributed by atoms with Crippen LogP contribution in [0.2, 0.25) is 0 Å². The summed E-state index contributed by atoms with van der Waals surface area (Å²) in [6, 6.07) is 6.99. The molecule has 0 radical (unpaired) electrons. The number of benzene rings is 1. The van der Waals surface area contributed by atoms with E-state index in [1.54, 1.807) is 38.3 Å². The molecule has 0 fully saturated rings. The molecule has 0 aromatic heterocycles. The highest BCUT2D eigenvalue weighted by Gasteiger charge is 2.10. The molecule has 1 atom stereocenters. The molecule has 0 heterocycles. The van der Waals surface area contributed by atoms with Crippen LogP contribution in [0.4, 0.5) is 0 Å². The lowest BCUT2D eigenvalue weighted by Gasteiger charge is -2.14. The summed E-state index contributed by atoms with van der Waals surface area (Å²) in [5.41, 5.74) is 1.07. The van der Waals surface area contributed by atoms with E-state index in [-0.39, 0.29) is 18.6 Å². The standard InChI is InChI=1S/C14H20N2O4/c1-10(8-19-3)15-14(17)9-20-13-7-5-4-6-12(13)11(2)16-18/h4-7,10,18H,8-9H2,1-3H3,(H,15,17). The molecule has 0 aliphatic heterocycles. The van der Waals surface area contributed by atoms with Crippen molar-refractivity contribution in [3.63, 3.8) is 0 Å². The summed E-state index contributed by atoms with van der Waals surface area (Å²) < 4.78 is 10.4. The van der Waals surface area contributed by atoms with Crippen LogP contribution in [0.15, 0.2) is 29.4 Å². The van der Waals surface area contributed by atoms with Gasteiger partial charge in [-0.3, -0.25) is 4.79 Å². The number of rotatable bonds is 7. The molecule has 1 amide bonds. The van der Waals surface area contributed by atoms with E-state index in [1.165, 1.54) is 0 Å². The first-order chi connectivity index (χ1) is 9.58. The summed E-state index contributed by atoms with van der Waals surface area (Å²) in [4.78, 5) is 11.7. The van der Waals surface area contributed by atoms with Crippen molar-refractivity contribution >= 4 is 11.6 Å². The van der Waals surface area contributed by atoms with Gasteiger partial charge in [0.1, 0.15) is 5.75 Å². The summed E-state index contributed by atoms with van der Waals surface area (Å²) in [5, 5.41) is 14.7. The summed E-state index contributed by atoms with van der Waals surface area (Å²) in [6.07, 6.45) is 0. The van der Waals surface area contributed by atoms with Crippen molar-refractivity contribution in [2.45, 2.75) is 19.9 Å². The molecule has 1 rings (SSSR count). The molecule has 2 N–H and O–H groups in total. The number of amides is 1. The van der Waals surface area contributed by atoms with Gasteiger partial charge in [0, 0.05) is 18.7 Å². The van der Waals surface area contributed by atoms with Crippen molar-refractivity contribution in [3.8, 4) is 5.75 Å². The first-order valence-corrected chi connectivity index (χ1v) is 6.27. The monoisotopic (exact) mass is 280 g/mol. The summed E-state index contributed by atoms with van der Waals surface area (Å²) in [7, 11) is 1.58. The van der Waals surface area contributed by atoms with Crippen molar-refractivity contribution in [1.82, 2.24) is 5.32 Å². The Bertz CT molecular complexity index is 474. The number of para-hydroxylation sites is 1. The highest BCUT2D eigenvalue weighted by Crippen LogP contribution is 2.18. The van der Waals surface area contributed by atoms with E-state index in [0.29, 0.717) is 23.6 Å². The molecular formula is C14H20N2O4. The number of hydrogen-bond donors (Lipinski definition) is 2. The number of methoxy groups -OCH3 is 1. The third kappa shape index (κ3) is 4.89. The Hall–Kier alpha value is -2.08. The lowest BCUT2D eigenvalue weighted by atomic mass is 10.1. The minimum Gasteiger partial charge on any atom is -0.483 e. The van der Waals surface area contributed by atoms with Crippen molar-refractivity contribution in [1.29, 1.82) is 0 Å². The summed E-state index contributed by atoms with van der Waals surface area (Å²) in [6.45, 7) is 3.84. The second-order valence-electron chi connectivity index (χ2n) is 4.39. The fourth-order valence-corrected chi connectivity index (χ4v) is 1.70. The van der Waals surface area contributed by atoms with E-state index in [4.69, 9.17) is 14.7 Å². The predicted molar refractivity (Wildman–Crippen MR) is 75.4 cm³/mol. The van der Waals surface area contributed by atoms with E-state index in [9.17, 15) is 4.79 Å². The zero-order valence-corrected chi connectivity index (χ0v) is 11.9. The minimum absolute atomic E-state index is 0.0768.